The molecule has 2 aliphatic heterocycles. The van der Waals surface area contributed by atoms with Crippen LogP contribution in [-0.4, -0.2) is 60.0 Å². The maximum atomic E-state index is 4.51. The molecule has 0 spiro atoms. The van der Waals surface area contributed by atoms with Crippen LogP contribution in [0.25, 0.3) is 0 Å². The van der Waals surface area contributed by atoms with Gasteiger partial charge in [0.1, 0.15) is 11.3 Å². The fourth-order valence-corrected chi connectivity index (χ4v) is 1.95. The fourth-order valence-electron chi connectivity index (χ4n) is 1.95. The molecule has 0 radical (unpaired) electrons. The summed E-state index contributed by atoms with van der Waals surface area (Å²) in [7, 11) is 0. The van der Waals surface area contributed by atoms with Gasteiger partial charge in [-0.1, -0.05) is 0 Å². The predicted octanol–water partition coefficient (Wildman–Crippen LogP) is 2.02. The van der Waals surface area contributed by atoms with Crippen molar-refractivity contribution in [2.24, 2.45) is 20.2 Å². The van der Waals surface area contributed by atoms with E-state index in [0.29, 0.717) is 0 Å². The lowest BCUT2D eigenvalue weighted by atomic mass is 10.2. The maximum Gasteiger partial charge on any atom is 0.147 e. The highest BCUT2D eigenvalue weighted by Gasteiger charge is 2.30. The van der Waals surface area contributed by atoms with E-state index >= 15 is 0 Å². The molecule has 108 valence electrons. The van der Waals surface area contributed by atoms with E-state index in [0.717, 1.165) is 26.2 Å². The lowest BCUT2D eigenvalue weighted by Crippen LogP contribution is -2.43. The average molecular weight is 287 g/mol. The normalized spacial score (nSPS) is 19.6. The van der Waals surface area contributed by atoms with Crippen molar-refractivity contribution in [1.82, 2.24) is 9.80 Å². The van der Waals surface area contributed by atoms with Gasteiger partial charge in [-0.25, -0.2) is 0 Å². The Kier molecular flexibility index (Phi) is 4.90. The van der Waals surface area contributed by atoms with Crippen molar-refractivity contribution in [3.8, 4) is 0 Å². The molecule has 0 aromatic rings. The van der Waals surface area contributed by atoms with Crippen LogP contribution in [-0.2, 0) is 0 Å². The van der Waals surface area contributed by atoms with Crippen LogP contribution in [0.2, 0.25) is 0 Å². The molecule has 0 aromatic carbocycles. The summed E-state index contributed by atoms with van der Waals surface area (Å²) in [6, 6.07) is 0. The monoisotopic (exact) mass is 286 g/mol. The number of aliphatic imine (C=N–C) groups is 2. The molecule has 0 saturated carbocycles. The van der Waals surface area contributed by atoms with Gasteiger partial charge in [-0.05, 0) is 27.7 Å². The topological polar surface area (TPSA) is 55.9 Å². The number of azo groups is 1. The third kappa shape index (κ3) is 3.65. The van der Waals surface area contributed by atoms with Gasteiger partial charge in [0.15, 0.2) is 0 Å². The summed E-state index contributed by atoms with van der Waals surface area (Å²) >= 11 is 0. The van der Waals surface area contributed by atoms with Gasteiger partial charge in [0.2, 0.25) is 0 Å². The summed E-state index contributed by atoms with van der Waals surface area (Å²) in [6.45, 7) is 11.8. The SMILES string of the molecule is CC(C)(/N=N/C(C)(C)N1C=NCC1)N1C=NCC1.Cl. The molecule has 2 heterocycles. The third-order valence-electron chi connectivity index (χ3n) is 3.33. The van der Waals surface area contributed by atoms with Gasteiger partial charge < -0.3 is 9.80 Å². The fraction of sp³-hybridized carbons (Fsp3) is 0.833. The van der Waals surface area contributed by atoms with E-state index in [4.69, 9.17) is 0 Å². The predicted molar refractivity (Wildman–Crippen MR) is 80.4 cm³/mol. The summed E-state index contributed by atoms with van der Waals surface area (Å²) in [5, 5.41) is 9.02. The van der Waals surface area contributed by atoms with Gasteiger partial charge in [-0.2, -0.15) is 10.2 Å². The first-order chi connectivity index (χ1) is 8.42. The lowest BCUT2D eigenvalue weighted by Gasteiger charge is -2.33. The third-order valence-corrected chi connectivity index (χ3v) is 3.33. The molecule has 0 aliphatic carbocycles. The van der Waals surface area contributed by atoms with E-state index in [9.17, 15) is 0 Å². The summed E-state index contributed by atoms with van der Waals surface area (Å²) in [4.78, 5) is 12.7. The molecule has 0 bridgehead atoms. The molecular formula is C12H23ClN6. The van der Waals surface area contributed by atoms with Crippen molar-refractivity contribution in [3.05, 3.63) is 0 Å². The average Bonchev–Trinajstić information content (AvgIpc) is 2.99. The lowest BCUT2D eigenvalue weighted by molar-refractivity contribution is 0.192. The molecule has 0 fully saturated rings. The Balaban J connectivity index is 0.00000180. The Morgan fingerprint density at radius 3 is 1.47 bits per heavy atom. The molecule has 7 heteroatoms. The van der Waals surface area contributed by atoms with Crippen molar-refractivity contribution in [3.63, 3.8) is 0 Å². The van der Waals surface area contributed by atoms with E-state index < -0.39 is 0 Å². The number of hydrogen-bond donors (Lipinski definition) is 0. The van der Waals surface area contributed by atoms with E-state index in [2.05, 4.69) is 57.7 Å². The molecule has 0 aromatic heterocycles. The van der Waals surface area contributed by atoms with Crippen LogP contribution in [0.1, 0.15) is 27.7 Å². The van der Waals surface area contributed by atoms with Crippen LogP contribution in [0.4, 0.5) is 0 Å². The second kappa shape index (κ2) is 5.86. The summed E-state index contributed by atoms with van der Waals surface area (Å²) in [6.07, 6.45) is 3.73. The minimum Gasteiger partial charge on any atom is -0.336 e. The first kappa shape index (κ1) is 15.9. The summed E-state index contributed by atoms with van der Waals surface area (Å²) in [5.41, 5.74) is -0.678. The van der Waals surface area contributed by atoms with Crippen molar-refractivity contribution < 1.29 is 0 Å². The second-order valence-electron chi connectivity index (χ2n) is 5.62. The summed E-state index contributed by atoms with van der Waals surface area (Å²) in [5.74, 6) is 0. The number of rotatable bonds is 4. The minimum atomic E-state index is -0.339. The zero-order chi connectivity index (χ0) is 13.2. The molecule has 0 amide bonds. The zero-order valence-electron chi connectivity index (χ0n) is 12.1. The van der Waals surface area contributed by atoms with Crippen LogP contribution < -0.4 is 0 Å². The maximum absolute atomic E-state index is 4.51. The smallest absolute Gasteiger partial charge is 0.147 e. The highest BCUT2D eigenvalue weighted by atomic mass is 35.5. The van der Waals surface area contributed by atoms with Gasteiger partial charge in [0, 0.05) is 13.1 Å². The number of hydrogen-bond acceptors (Lipinski definition) is 6. The second-order valence-corrected chi connectivity index (χ2v) is 5.62. The van der Waals surface area contributed by atoms with Crippen molar-refractivity contribution >= 4 is 25.1 Å². The van der Waals surface area contributed by atoms with E-state index in [-0.39, 0.29) is 23.7 Å². The van der Waals surface area contributed by atoms with Gasteiger partial charge in [-0.3, -0.25) is 9.98 Å². The van der Waals surface area contributed by atoms with Crippen LogP contribution in [0.3, 0.4) is 0 Å². The molecule has 0 unspecified atom stereocenters. The Morgan fingerprint density at radius 2 is 1.21 bits per heavy atom. The molecule has 0 saturated heterocycles. The highest BCUT2D eigenvalue weighted by Crippen LogP contribution is 2.22. The molecule has 19 heavy (non-hydrogen) atoms. The van der Waals surface area contributed by atoms with Crippen molar-refractivity contribution in [2.45, 2.75) is 39.0 Å². The van der Waals surface area contributed by atoms with Crippen molar-refractivity contribution in [1.29, 1.82) is 0 Å². The Bertz CT molecular complexity index is 352. The van der Waals surface area contributed by atoms with Crippen LogP contribution >= 0.6 is 12.4 Å². The standard InChI is InChI=1S/C12H22N6.ClH/c1-11(2,17-7-5-13-9-17)15-16-12(3,4)18-8-6-14-10-18;/h9-10H,5-8H2,1-4H3;1H/b16-15+;. The molecule has 0 N–H and O–H groups in total. The first-order valence-electron chi connectivity index (χ1n) is 6.39. The van der Waals surface area contributed by atoms with Crippen molar-refractivity contribution in [2.75, 3.05) is 26.2 Å². The molecular weight excluding hydrogens is 264 g/mol. The minimum absolute atomic E-state index is 0. The quantitative estimate of drug-likeness (QED) is 0.743. The van der Waals surface area contributed by atoms with Crippen LogP contribution in [0.15, 0.2) is 20.2 Å². The molecule has 6 nitrogen and oxygen atoms in total. The Morgan fingerprint density at radius 1 is 0.842 bits per heavy atom. The Labute approximate surface area is 121 Å². The molecule has 0 atom stereocenters. The highest BCUT2D eigenvalue weighted by molar-refractivity contribution is 5.85. The largest absolute Gasteiger partial charge is 0.336 e. The first-order valence-corrected chi connectivity index (χ1v) is 6.39. The van der Waals surface area contributed by atoms with Gasteiger partial charge >= 0.3 is 0 Å². The van der Waals surface area contributed by atoms with Crippen LogP contribution in [0, 0.1) is 0 Å². The van der Waals surface area contributed by atoms with Gasteiger partial charge in [0.05, 0.1) is 25.8 Å². The summed E-state index contributed by atoms with van der Waals surface area (Å²) < 4.78 is 0. The number of halogens is 1. The van der Waals surface area contributed by atoms with E-state index in [1.54, 1.807) is 0 Å². The molecule has 2 rings (SSSR count). The molecule has 2 aliphatic rings. The Hall–Kier alpha value is -1.17. The van der Waals surface area contributed by atoms with Gasteiger partial charge in [-0.15, -0.1) is 12.4 Å². The van der Waals surface area contributed by atoms with E-state index in [1.165, 1.54) is 0 Å². The van der Waals surface area contributed by atoms with Crippen LogP contribution in [0.5, 0.6) is 0 Å². The van der Waals surface area contributed by atoms with E-state index in [1.807, 2.05) is 12.7 Å². The zero-order valence-corrected chi connectivity index (χ0v) is 12.9. The number of nitrogens with zero attached hydrogens (tertiary/aromatic N) is 6. The van der Waals surface area contributed by atoms with Gasteiger partial charge in [0.25, 0.3) is 0 Å².